The van der Waals surface area contributed by atoms with Crippen LogP contribution in [-0.2, 0) is 19.5 Å². The lowest BCUT2D eigenvalue weighted by Gasteiger charge is -2.26. The molecule has 1 aromatic rings. The fourth-order valence-corrected chi connectivity index (χ4v) is 4.34. The molecule has 0 unspecified atom stereocenters. The van der Waals surface area contributed by atoms with Crippen LogP contribution in [0, 0.1) is 0 Å². The van der Waals surface area contributed by atoms with Crippen molar-refractivity contribution < 1.29 is 22.7 Å². The van der Waals surface area contributed by atoms with Gasteiger partial charge in [-0.1, -0.05) is 0 Å². The van der Waals surface area contributed by atoms with Gasteiger partial charge in [0.05, 0.1) is 20.3 Å². The van der Waals surface area contributed by atoms with Crippen molar-refractivity contribution in [3.63, 3.8) is 0 Å². The molecular weight excluding hydrogens is 316 g/mol. The van der Waals surface area contributed by atoms with E-state index in [1.165, 1.54) is 13.2 Å². The third kappa shape index (κ3) is 4.24. The molecule has 21 heavy (non-hydrogen) atoms. The predicted octanol–water partition coefficient (Wildman–Crippen LogP) is 0.145. The topological polar surface area (TPSA) is 84.9 Å². The minimum absolute atomic E-state index is 0.0265. The van der Waals surface area contributed by atoms with Crippen molar-refractivity contribution in [1.82, 2.24) is 9.62 Å². The van der Waals surface area contributed by atoms with Crippen LogP contribution in [0.15, 0.2) is 16.3 Å². The van der Waals surface area contributed by atoms with E-state index in [4.69, 9.17) is 4.74 Å². The zero-order valence-corrected chi connectivity index (χ0v) is 13.3. The summed E-state index contributed by atoms with van der Waals surface area (Å²) < 4.78 is 36.8. The van der Waals surface area contributed by atoms with Crippen LogP contribution in [0.1, 0.15) is 9.67 Å². The Morgan fingerprint density at radius 3 is 2.86 bits per heavy atom. The van der Waals surface area contributed by atoms with Crippen molar-refractivity contribution >= 4 is 27.3 Å². The van der Waals surface area contributed by atoms with Gasteiger partial charge in [0, 0.05) is 26.2 Å². The molecule has 0 atom stereocenters. The first-order chi connectivity index (χ1) is 10.0. The van der Waals surface area contributed by atoms with Gasteiger partial charge < -0.3 is 9.47 Å². The average molecular weight is 334 g/mol. The summed E-state index contributed by atoms with van der Waals surface area (Å²) in [6.45, 7) is 3.84. The second-order valence-electron chi connectivity index (χ2n) is 4.46. The monoisotopic (exact) mass is 334 g/mol. The molecule has 0 aromatic carbocycles. The first-order valence-electron chi connectivity index (χ1n) is 6.50. The number of carbonyl (C=O) groups excluding carboxylic acids is 1. The van der Waals surface area contributed by atoms with Crippen molar-refractivity contribution in [1.29, 1.82) is 0 Å². The van der Waals surface area contributed by atoms with Gasteiger partial charge >= 0.3 is 5.97 Å². The van der Waals surface area contributed by atoms with Crippen molar-refractivity contribution in [3.8, 4) is 0 Å². The molecule has 1 aliphatic heterocycles. The molecule has 1 N–H and O–H groups in total. The Labute approximate surface area is 127 Å². The maximum Gasteiger partial charge on any atom is 0.349 e. The molecule has 1 aromatic heterocycles. The lowest BCUT2D eigenvalue weighted by Crippen LogP contribution is -2.41. The second-order valence-corrected chi connectivity index (χ2v) is 7.11. The van der Waals surface area contributed by atoms with Crippen LogP contribution in [-0.4, -0.2) is 65.8 Å². The summed E-state index contributed by atoms with van der Waals surface area (Å²) >= 11 is 1.05. The van der Waals surface area contributed by atoms with Crippen molar-refractivity contribution in [2.45, 2.75) is 4.90 Å². The first kappa shape index (κ1) is 16.4. The number of thiophene rings is 1. The molecule has 1 fully saturated rings. The molecule has 0 radical (unpaired) electrons. The maximum absolute atomic E-state index is 12.2. The summed E-state index contributed by atoms with van der Waals surface area (Å²) in [5.41, 5.74) is 0. The molecule has 9 heteroatoms. The molecule has 2 rings (SSSR count). The summed E-state index contributed by atoms with van der Waals surface area (Å²) in [4.78, 5) is 13.7. The molecule has 0 bridgehead atoms. The number of sulfonamides is 1. The van der Waals surface area contributed by atoms with E-state index in [1.54, 1.807) is 5.38 Å². The Bertz CT molecular complexity index is 578. The van der Waals surface area contributed by atoms with Crippen LogP contribution in [0.2, 0.25) is 0 Å². The van der Waals surface area contributed by atoms with Crippen molar-refractivity contribution in [3.05, 3.63) is 16.3 Å². The summed E-state index contributed by atoms with van der Waals surface area (Å²) in [6.07, 6.45) is 0. The number of rotatable bonds is 6. The lowest BCUT2D eigenvalue weighted by atomic mass is 10.4. The van der Waals surface area contributed by atoms with Gasteiger partial charge in [0.1, 0.15) is 9.77 Å². The number of nitrogens with one attached hydrogen (secondary N) is 1. The smallest absolute Gasteiger partial charge is 0.349 e. The van der Waals surface area contributed by atoms with Crippen LogP contribution in [0.4, 0.5) is 0 Å². The van der Waals surface area contributed by atoms with Crippen LogP contribution in [0.5, 0.6) is 0 Å². The van der Waals surface area contributed by atoms with E-state index < -0.39 is 16.0 Å². The minimum atomic E-state index is -3.70. The quantitative estimate of drug-likeness (QED) is 0.745. The highest BCUT2D eigenvalue weighted by Crippen LogP contribution is 2.22. The van der Waals surface area contributed by atoms with E-state index in [2.05, 4.69) is 14.4 Å². The van der Waals surface area contributed by atoms with Crippen LogP contribution < -0.4 is 4.72 Å². The van der Waals surface area contributed by atoms with Crippen molar-refractivity contribution in [2.24, 2.45) is 0 Å². The Kier molecular flexibility index (Phi) is 5.71. The van der Waals surface area contributed by atoms with Gasteiger partial charge in [0.2, 0.25) is 10.0 Å². The Morgan fingerprint density at radius 1 is 1.48 bits per heavy atom. The second kappa shape index (κ2) is 7.32. The normalized spacial score (nSPS) is 16.8. The zero-order valence-electron chi connectivity index (χ0n) is 11.7. The molecule has 0 spiro atoms. The van der Waals surface area contributed by atoms with Gasteiger partial charge in [-0.3, -0.25) is 4.90 Å². The van der Waals surface area contributed by atoms with Gasteiger partial charge in [0.15, 0.2) is 0 Å². The SMILES string of the molecule is COC(=O)c1sccc1S(=O)(=O)NCCN1CCOCC1. The molecule has 7 nitrogen and oxygen atoms in total. The molecule has 118 valence electrons. The highest BCUT2D eigenvalue weighted by molar-refractivity contribution is 7.89. The predicted molar refractivity (Wildman–Crippen MR) is 78.1 cm³/mol. The number of hydrogen-bond acceptors (Lipinski definition) is 7. The van der Waals surface area contributed by atoms with Crippen LogP contribution in [0.25, 0.3) is 0 Å². The van der Waals surface area contributed by atoms with Gasteiger partial charge in [0.25, 0.3) is 0 Å². The molecular formula is C12H18N2O5S2. The molecule has 1 saturated heterocycles. The lowest BCUT2D eigenvalue weighted by molar-refractivity contribution is 0.0390. The third-order valence-electron chi connectivity index (χ3n) is 3.11. The summed E-state index contributed by atoms with van der Waals surface area (Å²) in [5, 5.41) is 1.56. The Hall–Kier alpha value is -1.00. The van der Waals surface area contributed by atoms with E-state index in [-0.39, 0.29) is 9.77 Å². The summed E-state index contributed by atoms with van der Waals surface area (Å²) in [7, 11) is -2.48. The van der Waals surface area contributed by atoms with E-state index in [0.29, 0.717) is 26.3 Å². The minimum Gasteiger partial charge on any atom is -0.465 e. The first-order valence-corrected chi connectivity index (χ1v) is 8.86. The fourth-order valence-electron chi connectivity index (χ4n) is 1.99. The molecule has 2 heterocycles. The number of hydrogen-bond donors (Lipinski definition) is 1. The fraction of sp³-hybridized carbons (Fsp3) is 0.583. The highest BCUT2D eigenvalue weighted by atomic mass is 32.2. The molecule has 0 aliphatic carbocycles. The third-order valence-corrected chi connectivity index (χ3v) is 5.64. The van der Waals surface area contributed by atoms with Crippen molar-refractivity contribution in [2.75, 3.05) is 46.5 Å². The standard InChI is InChI=1S/C12H18N2O5S2/c1-18-12(15)11-10(2-9-20-11)21(16,17)13-3-4-14-5-7-19-8-6-14/h2,9,13H,3-8H2,1H3. The van der Waals surface area contributed by atoms with E-state index in [9.17, 15) is 13.2 Å². The Balaban J connectivity index is 1.95. The van der Waals surface area contributed by atoms with Gasteiger partial charge in [-0.25, -0.2) is 17.9 Å². The van der Waals surface area contributed by atoms with Gasteiger partial charge in [-0.15, -0.1) is 11.3 Å². The summed E-state index contributed by atoms with van der Waals surface area (Å²) in [6, 6.07) is 1.41. The van der Waals surface area contributed by atoms with E-state index >= 15 is 0 Å². The largest absolute Gasteiger partial charge is 0.465 e. The molecule has 0 amide bonds. The van der Waals surface area contributed by atoms with Gasteiger partial charge in [-0.2, -0.15) is 0 Å². The molecule has 0 saturated carbocycles. The Morgan fingerprint density at radius 2 is 2.19 bits per heavy atom. The number of ether oxygens (including phenoxy) is 2. The summed E-state index contributed by atoms with van der Waals surface area (Å²) in [5.74, 6) is -0.640. The van der Waals surface area contributed by atoms with Crippen LogP contribution >= 0.6 is 11.3 Å². The van der Waals surface area contributed by atoms with E-state index in [1.807, 2.05) is 0 Å². The van der Waals surface area contributed by atoms with Gasteiger partial charge in [-0.05, 0) is 11.4 Å². The number of carbonyl (C=O) groups is 1. The zero-order chi connectivity index (χ0) is 15.3. The van der Waals surface area contributed by atoms with E-state index in [0.717, 1.165) is 24.4 Å². The molecule has 1 aliphatic rings. The highest BCUT2D eigenvalue weighted by Gasteiger charge is 2.24. The maximum atomic E-state index is 12.2. The average Bonchev–Trinajstić information content (AvgIpc) is 2.98. The number of morpholine rings is 1. The number of nitrogens with zero attached hydrogens (tertiary/aromatic N) is 1. The number of esters is 1. The van der Waals surface area contributed by atoms with Crippen LogP contribution in [0.3, 0.4) is 0 Å². The number of methoxy groups -OCH3 is 1.